The van der Waals surface area contributed by atoms with E-state index in [1.165, 1.54) is 6.08 Å². The first-order valence-corrected chi connectivity index (χ1v) is 3.18. The van der Waals surface area contributed by atoms with Crippen LogP contribution in [0, 0.1) is 0 Å². The molecule has 0 aliphatic heterocycles. The summed E-state index contributed by atoms with van der Waals surface area (Å²) in [4.78, 5) is 10.1. The van der Waals surface area contributed by atoms with Crippen molar-refractivity contribution in [2.24, 2.45) is 0 Å². The Bertz CT molecular complexity index is 157. The van der Waals surface area contributed by atoms with Crippen molar-refractivity contribution < 1.29 is 9.90 Å². The molecular formula is C8H12O2. The summed E-state index contributed by atoms with van der Waals surface area (Å²) in [7, 11) is 0. The number of carboxylic acids is 1. The van der Waals surface area contributed by atoms with Crippen molar-refractivity contribution in [1.29, 1.82) is 0 Å². The minimum Gasteiger partial charge on any atom is -0.478 e. The second kappa shape index (κ2) is 4.79. The van der Waals surface area contributed by atoms with Crippen molar-refractivity contribution in [2.45, 2.75) is 19.8 Å². The smallest absolute Gasteiger partial charge is 0.328 e. The van der Waals surface area contributed by atoms with Crippen LogP contribution in [0.2, 0.25) is 0 Å². The van der Waals surface area contributed by atoms with Gasteiger partial charge >= 0.3 is 5.97 Å². The predicted molar refractivity (Wildman–Crippen MR) is 40.8 cm³/mol. The van der Waals surface area contributed by atoms with E-state index >= 15 is 0 Å². The van der Waals surface area contributed by atoms with Crippen molar-refractivity contribution in [3.8, 4) is 0 Å². The highest BCUT2D eigenvalue weighted by molar-refractivity contribution is 5.80. The summed E-state index contributed by atoms with van der Waals surface area (Å²) in [6.07, 6.45) is 4.63. The number of hydrogen-bond donors (Lipinski definition) is 1. The van der Waals surface area contributed by atoms with Crippen LogP contribution < -0.4 is 0 Å². The van der Waals surface area contributed by atoms with Crippen LogP contribution in [0.3, 0.4) is 0 Å². The lowest BCUT2D eigenvalue weighted by Gasteiger charge is -1.93. The highest BCUT2D eigenvalue weighted by Gasteiger charge is 1.91. The van der Waals surface area contributed by atoms with E-state index in [1.807, 2.05) is 0 Å². The van der Waals surface area contributed by atoms with Gasteiger partial charge in [-0.2, -0.15) is 0 Å². The van der Waals surface area contributed by atoms with Gasteiger partial charge in [-0.1, -0.05) is 11.6 Å². The molecule has 2 heteroatoms. The summed E-state index contributed by atoms with van der Waals surface area (Å²) in [6, 6.07) is 0. The summed E-state index contributed by atoms with van der Waals surface area (Å²) < 4.78 is 0. The lowest BCUT2D eigenvalue weighted by Crippen LogP contribution is -1.89. The molecule has 56 valence electrons. The first-order valence-electron chi connectivity index (χ1n) is 3.18. The molecule has 0 aliphatic rings. The van der Waals surface area contributed by atoms with Gasteiger partial charge in [-0.05, 0) is 19.8 Å². The van der Waals surface area contributed by atoms with Crippen molar-refractivity contribution in [3.63, 3.8) is 0 Å². The minimum absolute atomic E-state index is 0.787. The van der Waals surface area contributed by atoms with E-state index in [-0.39, 0.29) is 0 Å². The third kappa shape index (κ3) is 5.09. The summed E-state index contributed by atoms with van der Waals surface area (Å²) in [5, 5.41) is 8.28. The van der Waals surface area contributed by atoms with Gasteiger partial charge in [0.25, 0.3) is 0 Å². The van der Waals surface area contributed by atoms with E-state index in [2.05, 4.69) is 6.58 Å². The van der Waals surface area contributed by atoms with Gasteiger partial charge in [-0.25, -0.2) is 4.79 Å². The van der Waals surface area contributed by atoms with Crippen molar-refractivity contribution in [3.05, 3.63) is 24.3 Å². The maximum absolute atomic E-state index is 10.1. The first kappa shape index (κ1) is 8.95. The largest absolute Gasteiger partial charge is 0.478 e. The van der Waals surface area contributed by atoms with Gasteiger partial charge in [0.2, 0.25) is 0 Å². The van der Waals surface area contributed by atoms with Crippen LogP contribution in [0.5, 0.6) is 0 Å². The fourth-order valence-corrected chi connectivity index (χ4v) is 0.613. The number of rotatable bonds is 4. The molecule has 10 heavy (non-hydrogen) atoms. The molecule has 0 atom stereocenters. The van der Waals surface area contributed by atoms with E-state index in [0.29, 0.717) is 0 Å². The normalized spacial score (nSPS) is 11.1. The third-order valence-electron chi connectivity index (χ3n) is 1.11. The van der Waals surface area contributed by atoms with Crippen molar-refractivity contribution in [2.75, 3.05) is 0 Å². The van der Waals surface area contributed by atoms with E-state index in [9.17, 15) is 4.79 Å². The molecule has 0 aromatic carbocycles. The van der Waals surface area contributed by atoms with Crippen LogP contribution in [0.25, 0.3) is 0 Å². The highest BCUT2D eigenvalue weighted by Crippen LogP contribution is 2.02. The summed E-state index contributed by atoms with van der Waals surface area (Å²) >= 11 is 0. The fraction of sp³-hybridized carbons (Fsp3) is 0.375. The van der Waals surface area contributed by atoms with Crippen LogP contribution >= 0.6 is 0 Å². The highest BCUT2D eigenvalue weighted by atomic mass is 16.4. The Morgan fingerprint density at radius 2 is 2.30 bits per heavy atom. The quantitative estimate of drug-likeness (QED) is 0.479. The second-order valence-electron chi connectivity index (χ2n) is 2.16. The molecule has 0 spiro atoms. The van der Waals surface area contributed by atoms with Crippen molar-refractivity contribution >= 4 is 5.97 Å². The maximum Gasteiger partial charge on any atom is 0.328 e. The Kier molecular flexibility index (Phi) is 4.29. The molecule has 0 rings (SSSR count). The van der Waals surface area contributed by atoms with Gasteiger partial charge in [0.1, 0.15) is 0 Å². The zero-order chi connectivity index (χ0) is 7.98. The molecule has 0 amide bonds. The van der Waals surface area contributed by atoms with E-state index in [4.69, 9.17) is 5.11 Å². The zero-order valence-corrected chi connectivity index (χ0v) is 6.13. The third-order valence-corrected chi connectivity index (χ3v) is 1.11. The molecule has 0 aliphatic carbocycles. The second-order valence-corrected chi connectivity index (χ2v) is 2.16. The Balaban J connectivity index is 3.70. The molecule has 0 aromatic heterocycles. The Hall–Kier alpha value is -1.05. The Morgan fingerprint density at radius 3 is 2.70 bits per heavy atom. The van der Waals surface area contributed by atoms with Gasteiger partial charge in [-0.3, -0.25) is 0 Å². The van der Waals surface area contributed by atoms with Gasteiger partial charge in [0.05, 0.1) is 0 Å². The molecular weight excluding hydrogens is 128 g/mol. The Labute approximate surface area is 60.9 Å². The first-order chi connectivity index (χ1) is 4.66. The van der Waals surface area contributed by atoms with Crippen LogP contribution in [0.15, 0.2) is 24.3 Å². The molecule has 0 unspecified atom stereocenters. The molecule has 0 fully saturated rings. The topological polar surface area (TPSA) is 37.3 Å². The molecule has 0 aromatic rings. The van der Waals surface area contributed by atoms with Crippen LogP contribution in [-0.4, -0.2) is 11.1 Å². The van der Waals surface area contributed by atoms with Crippen LogP contribution in [0.1, 0.15) is 19.8 Å². The lowest BCUT2D eigenvalue weighted by atomic mass is 10.1. The van der Waals surface area contributed by atoms with Gasteiger partial charge in [-0.15, -0.1) is 6.58 Å². The standard InChI is InChI=1S/C8H12O2/c1-3-4-5-7(2)6-8(9)10/h3,6H,1,4-5H2,2H3,(H,9,10)/b7-6-. The molecule has 2 nitrogen and oxygen atoms in total. The van der Waals surface area contributed by atoms with E-state index < -0.39 is 5.97 Å². The van der Waals surface area contributed by atoms with Crippen molar-refractivity contribution in [1.82, 2.24) is 0 Å². The fourth-order valence-electron chi connectivity index (χ4n) is 0.613. The van der Waals surface area contributed by atoms with Gasteiger partial charge in [0.15, 0.2) is 0 Å². The summed E-state index contributed by atoms with van der Waals surface area (Å²) in [5.74, 6) is -0.874. The van der Waals surface area contributed by atoms with Gasteiger partial charge in [0, 0.05) is 6.08 Å². The summed E-state index contributed by atoms with van der Waals surface area (Å²) in [6.45, 7) is 5.34. The molecule has 1 N–H and O–H groups in total. The average molecular weight is 140 g/mol. The molecule has 0 saturated carbocycles. The number of carbonyl (C=O) groups is 1. The SMILES string of the molecule is C=CCC/C(C)=C\C(=O)O. The lowest BCUT2D eigenvalue weighted by molar-refractivity contribution is -0.131. The van der Waals surface area contributed by atoms with E-state index in [0.717, 1.165) is 18.4 Å². The van der Waals surface area contributed by atoms with Crippen LogP contribution in [-0.2, 0) is 4.79 Å². The maximum atomic E-state index is 10.1. The number of carboxylic acid groups (broad SMARTS) is 1. The van der Waals surface area contributed by atoms with E-state index in [1.54, 1.807) is 13.0 Å². The molecule has 0 saturated heterocycles. The summed E-state index contributed by atoms with van der Waals surface area (Å²) in [5.41, 5.74) is 0.882. The van der Waals surface area contributed by atoms with Crippen LogP contribution in [0.4, 0.5) is 0 Å². The molecule has 0 heterocycles. The Morgan fingerprint density at radius 1 is 1.70 bits per heavy atom. The predicted octanol–water partition coefficient (Wildman–Crippen LogP) is 1.98. The minimum atomic E-state index is -0.874. The molecule has 0 bridgehead atoms. The molecule has 0 radical (unpaired) electrons. The zero-order valence-electron chi connectivity index (χ0n) is 6.13. The number of aliphatic carboxylic acids is 1. The average Bonchev–Trinajstić information content (AvgIpc) is 1.82. The monoisotopic (exact) mass is 140 g/mol. The number of allylic oxidation sites excluding steroid dienone is 2. The number of hydrogen-bond acceptors (Lipinski definition) is 1. The van der Waals surface area contributed by atoms with Gasteiger partial charge < -0.3 is 5.11 Å².